The van der Waals surface area contributed by atoms with E-state index in [-0.39, 0.29) is 10.6 Å². The van der Waals surface area contributed by atoms with Gasteiger partial charge in [-0.3, -0.25) is 4.72 Å². The number of hydrogen-bond acceptors (Lipinski definition) is 4. The van der Waals surface area contributed by atoms with E-state index in [1.807, 2.05) is 0 Å². The van der Waals surface area contributed by atoms with Gasteiger partial charge in [0.25, 0.3) is 10.0 Å². The van der Waals surface area contributed by atoms with Crippen molar-refractivity contribution in [2.24, 2.45) is 0 Å². The third kappa shape index (κ3) is 3.43. The summed E-state index contributed by atoms with van der Waals surface area (Å²) in [5.74, 6) is 0.354. The number of nitrogens with one attached hydrogen (secondary N) is 1. The molecule has 21 heavy (non-hydrogen) atoms. The van der Waals surface area contributed by atoms with Gasteiger partial charge in [-0.05, 0) is 36.4 Å². The molecule has 0 radical (unpaired) electrons. The van der Waals surface area contributed by atoms with Crippen molar-refractivity contribution in [1.82, 2.24) is 0 Å². The number of benzene rings is 2. The molecule has 0 fully saturated rings. The second-order valence-corrected chi connectivity index (χ2v) is 5.81. The van der Waals surface area contributed by atoms with Crippen molar-refractivity contribution in [3.8, 4) is 11.5 Å². The highest BCUT2D eigenvalue weighted by Gasteiger charge is 2.17. The summed E-state index contributed by atoms with van der Waals surface area (Å²) < 4.78 is 49.8. The first-order valence-electron chi connectivity index (χ1n) is 5.96. The van der Waals surface area contributed by atoms with Crippen molar-refractivity contribution >= 4 is 15.7 Å². The maximum Gasteiger partial charge on any atom is 0.262 e. The highest BCUT2D eigenvalue weighted by atomic mass is 32.2. The Morgan fingerprint density at radius 1 is 1.00 bits per heavy atom. The fraction of sp³-hybridized carbons (Fsp3) is 0.143. The molecule has 0 atom stereocenters. The summed E-state index contributed by atoms with van der Waals surface area (Å²) in [5, 5.41) is 0. The lowest BCUT2D eigenvalue weighted by atomic mass is 10.3. The van der Waals surface area contributed by atoms with E-state index in [1.165, 1.54) is 32.4 Å². The fourth-order valence-corrected chi connectivity index (χ4v) is 2.77. The molecule has 7 heteroatoms. The van der Waals surface area contributed by atoms with E-state index in [0.717, 1.165) is 12.1 Å². The first kappa shape index (κ1) is 15.1. The Kier molecular flexibility index (Phi) is 4.32. The molecule has 0 bridgehead atoms. The average Bonchev–Trinajstić information content (AvgIpc) is 2.47. The second-order valence-electron chi connectivity index (χ2n) is 4.13. The van der Waals surface area contributed by atoms with Gasteiger partial charge in [-0.15, -0.1) is 0 Å². The first-order chi connectivity index (χ1) is 9.96. The van der Waals surface area contributed by atoms with Crippen LogP contribution in [0.3, 0.4) is 0 Å². The van der Waals surface area contributed by atoms with Crippen LogP contribution in [-0.2, 0) is 10.0 Å². The number of anilines is 1. The van der Waals surface area contributed by atoms with Gasteiger partial charge in [0.1, 0.15) is 17.3 Å². The summed E-state index contributed by atoms with van der Waals surface area (Å²) >= 11 is 0. The zero-order chi connectivity index (χ0) is 15.5. The molecule has 2 aromatic carbocycles. The Bertz CT molecular complexity index is 729. The molecule has 1 N–H and O–H groups in total. The predicted molar refractivity (Wildman–Crippen MR) is 76.8 cm³/mol. The number of methoxy groups -OCH3 is 2. The van der Waals surface area contributed by atoms with Gasteiger partial charge in [-0.2, -0.15) is 0 Å². The molecule has 2 aromatic rings. The highest BCUT2D eigenvalue weighted by Crippen LogP contribution is 2.30. The van der Waals surface area contributed by atoms with Crippen molar-refractivity contribution in [3.63, 3.8) is 0 Å². The van der Waals surface area contributed by atoms with Crippen LogP contribution in [-0.4, -0.2) is 22.6 Å². The quantitative estimate of drug-likeness (QED) is 0.922. The molecular weight excluding hydrogens is 297 g/mol. The molecule has 0 amide bonds. The molecule has 2 rings (SSSR count). The van der Waals surface area contributed by atoms with Gasteiger partial charge in [0.15, 0.2) is 0 Å². The van der Waals surface area contributed by atoms with Crippen molar-refractivity contribution in [3.05, 3.63) is 48.3 Å². The summed E-state index contributed by atoms with van der Waals surface area (Å²) in [7, 11) is -0.901. The van der Waals surface area contributed by atoms with Gasteiger partial charge < -0.3 is 9.47 Å². The third-order valence-corrected chi connectivity index (χ3v) is 4.16. The van der Waals surface area contributed by atoms with Crippen LogP contribution in [0, 0.1) is 5.82 Å². The van der Waals surface area contributed by atoms with E-state index in [4.69, 9.17) is 9.47 Å². The van der Waals surface area contributed by atoms with E-state index in [2.05, 4.69) is 4.72 Å². The zero-order valence-corrected chi connectivity index (χ0v) is 12.3. The SMILES string of the molecule is COc1ccc(NS(=O)(=O)c2ccc(F)cc2)c(OC)c1. The van der Waals surface area contributed by atoms with Crippen LogP contribution in [0.15, 0.2) is 47.4 Å². The van der Waals surface area contributed by atoms with Gasteiger partial charge in [0, 0.05) is 6.07 Å². The number of rotatable bonds is 5. The van der Waals surface area contributed by atoms with Gasteiger partial charge >= 0.3 is 0 Å². The Hall–Kier alpha value is -2.28. The predicted octanol–water partition coefficient (Wildman–Crippen LogP) is 2.64. The van der Waals surface area contributed by atoms with Crippen LogP contribution in [0.1, 0.15) is 0 Å². The maximum absolute atomic E-state index is 12.9. The lowest BCUT2D eigenvalue weighted by Gasteiger charge is -2.13. The van der Waals surface area contributed by atoms with Crippen LogP contribution in [0.2, 0.25) is 0 Å². The lowest BCUT2D eigenvalue weighted by molar-refractivity contribution is 0.395. The van der Waals surface area contributed by atoms with E-state index in [9.17, 15) is 12.8 Å². The van der Waals surface area contributed by atoms with Crippen molar-refractivity contribution in [2.75, 3.05) is 18.9 Å². The van der Waals surface area contributed by atoms with E-state index >= 15 is 0 Å². The van der Waals surface area contributed by atoms with Gasteiger partial charge in [-0.1, -0.05) is 0 Å². The van der Waals surface area contributed by atoms with E-state index in [1.54, 1.807) is 12.1 Å². The Morgan fingerprint density at radius 2 is 1.67 bits per heavy atom. The average molecular weight is 311 g/mol. The van der Waals surface area contributed by atoms with E-state index in [0.29, 0.717) is 11.5 Å². The summed E-state index contributed by atoms with van der Waals surface area (Å²) in [6, 6.07) is 9.23. The molecular formula is C14H14FNO4S. The molecule has 0 aliphatic heterocycles. The highest BCUT2D eigenvalue weighted by molar-refractivity contribution is 7.92. The van der Waals surface area contributed by atoms with Crippen molar-refractivity contribution < 1.29 is 22.3 Å². The van der Waals surface area contributed by atoms with Gasteiger partial charge in [0.05, 0.1) is 24.8 Å². The van der Waals surface area contributed by atoms with Crippen LogP contribution in [0.4, 0.5) is 10.1 Å². The molecule has 0 aromatic heterocycles. The fourth-order valence-electron chi connectivity index (χ4n) is 1.70. The first-order valence-corrected chi connectivity index (χ1v) is 7.45. The lowest BCUT2D eigenvalue weighted by Crippen LogP contribution is -2.13. The minimum atomic E-state index is -3.82. The molecule has 0 saturated heterocycles. The van der Waals surface area contributed by atoms with Crippen LogP contribution < -0.4 is 14.2 Å². The number of hydrogen-bond donors (Lipinski definition) is 1. The molecule has 0 spiro atoms. The maximum atomic E-state index is 12.9. The topological polar surface area (TPSA) is 64.6 Å². The summed E-state index contributed by atoms with van der Waals surface area (Å²) in [5.41, 5.74) is 0.266. The number of halogens is 1. The molecule has 112 valence electrons. The van der Waals surface area contributed by atoms with Crippen LogP contribution in [0.5, 0.6) is 11.5 Å². The molecule has 0 aliphatic carbocycles. The van der Waals surface area contributed by atoms with E-state index < -0.39 is 15.8 Å². The second kappa shape index (κ2) is 6.01. The minimum Gasteiger partial charge on any atom is -0.497 e. The summed E-state index contributed by atoms with van der Waals surface area (Å²) in [6.45, 7) is 0. The van der Waals surface area contributed by atoms with Crippen molar-refractivity contribution in [2.45, 2.75) is 4.90 Å². The van der Waals surface area contributed by atoms with Crippen LogP contribution in [0.25, 0.3) is 0 Å². The number of sulfonamides is 1. The Labute approximate surface area is 122 Å². The Balaban J connectivity index is 2.34. The smallest absolute Gasteiger partial charge is 0.262 e. The molecule has 0 heterocycles. The molecule has 5 nitrogen and oxygen atoms in total. The summed E-state index contributed by atoms with van der Waals surface area (Å²) in [6.07, 6.45) is 0. The standard InChI is InChI=1S/C14H14FNO4S/c1-19-11-5-8-13(14(9-11)20-2)16-21(17,18)12-6-3-10(15)4-7-12/h3-9,16H,1-2H3. The summed E-state index contributed by atoms with van der Waals surface area (Å²) in [4.78, 5) is -0.0400. The minimum absolute atomic E-state index is 0.0400. The van der Waals surface area contributed by atoms with Gasteiger partial charge in [-0.25, -0.2) is 12.8 Å². The van der Waals surface area contributed by atoms with Crippen LogP contribution >= 0.6 is 0 Å². The third-order valence-electron chi connectivity index (χ3n) is 2.78. The Morgan fingerprint density at radius 3 is 2.24 bits per heavy atom. The van der Waals surface area contributed by atoms with Gasteiger partial charge in [0.2, 0.25) is 0 Å². The monoisotopic (exact) mass is 311 g/mol. The molecule has 0 saturated carbocycles. The van der Waals surface area contributed by atoms with Crippen molar-refractivity contribution in [1.29, 1.82) is 0 Å². The number of ether oxygens (including phenoxy) is 2. The largest absolute Gasteiger partial charge is 0.497 e. The zero-order valence-electron chi connectivity index (χ0n) is 11.5. The molecule has 0 aliphatic rings. The normalized spacial score (nSPS) is 11.0. The molecule has 0 unspecified atom stereocenters.